The number of phenolic OH excluding ortho intramolecular Hbond substituents is 1. The molecule has 7 nitrogen and oxygen atoms in total. The molecule has 0 amide bonds. The van der Waals surface area contributed by atoms with Gasteiger partial charge in [0.15, 0.2) is 5.75 Å². The third kappa shape index (κ3) is 3.18. The zero-order valence-corrected chi connectivity index (χ0v) is 10.8. The van der Waals surface area contributed by atoms with Gasteiger partial charge < -0.3 is 19.9 Å². The van der Waals surface area contributed by atoms with Crippen LogP contribution < -0.4 is 10.1 Å². The van der Waals surface area contributed by atoms with Crippen molar-refractivity contribution in [1.82, 2.24) is 0 Å². The first kappa shape index (κ1) is 14.9. The molecule has 1 aromatic carbocycles. The van der Waals surface area contributed by atoms with E-state index in [9.17, 15) is 9.90 Å². The molecular formula is C13H11N3O4. The Labute approximate surface area is 115 Å². The monoisotopic (exact) mass is 273 g/mol. The summed E-state index contributed by atoms with van der Waals surface area (Å²) in [6, 6.07) is 6.02. The number of methoxy groups -OCH3 is 2. The van der Waals surface area contributed by atoms with Crippen molar-refractivity contribution in [3.8, 4) is 23.6 Å². The topological polar surface area (TPSA) is 115 Å². The quantitative estimate of drug-likeness (QED) is 0.485. The van der Waals surface area contributed by atoms with Crippen molar-refractivity contribution < 1.29 is 19.4 Å². The number of esters is 1. The molecule has 0 bridgehead atoms. The first-order chi connectivity index (χ1) is 9.57. The van der Waals surface area contributed by atoms with Gasteiger partial charge in [-0.1, -0.05) is 0 Å². The van der Waals surface area contributed by atoms with Crippen LogP contribution in [-0.2, 0) is 4.74 Å². The van der Waals surface area contributed by atoms with E-state index < -0.39 is 5.97 Å². The van der Waals surface area contributed by atoms with Crippen LogP contribution in [0.25, 0.3) is 0 Å². The third-order valence-corrected chi connectivity index (χ3v) is 2.34. The van der Waals surface area contributed by atoms with Gasteiger partial charge in [0.1, 0.15) is 29.0 Å². The van der Waals surface area contributed by atoms with Crippen molar-refractivity contribution in [2.24, 2.45) is 0 Å². The number of hydrogen-bond acceptors (Lipinski definition) is 7. The second kappa shape index (κ2) is 6.66. The molecule has 1 rings (SSSR count). The SMILES string of the molecule is COC(=O)c1cc(OC)cc(NC=C(C#N)C#N)c1O. The molecule has 0 spiro atoms. The molecule has 0 unspecified atom stereocenters. The van der Waals surface area contributed by atoms with E-state index in [0.29, 0.717) is 5.75 Å². The van der Waals surface area contributed by atoms with Gasteiger partial charge in [-0.2, -0.15) is 10.5 Å². The van der Waals surface area contributed by atoms with Crippen LogP contribution in [0.2, 0.25) is 0 Å². The minimum atomic E-state index is -0.741. The van der Waals surface area contributed by atoms with Crippen molar-refractivity contribution in [1.29, 1.82) is 10.5 Å². The molecule has 20 heavy (non-hydrogen) atoms. The number of carbonyl (C=O) groups excluding carboxylic acids is 1. The second-order valence-electron chi connectivity index (χ2n) is 3.49. The number of phenols is 1. The van der Waals surface area contributed by atoms with Crippen molar-refractivity contribution in [3.63, 3.8) is 0 Å². The van der Waals surface area contributed by atoms with E-state index in [2.05, 4.69) is 10.1 Å². The summed E-state index contributed by atoms with van der Waals surface area (Å²) in [5.41, 5.74) is -0.183. The van der Waals surface area contributed by atoms with Gasteiger partial charge in [-0.3, -0.25) is 0 Å². The highest BCUT2D eigenvalue weighted by molar-refractivity contribution is 5.95. The summed E-state index contributed by atoms with van der Waals surface area (Å²) >= 11 is 0. The summed E-state index contributed by atoms with van der Waals surface area (Å²) in [5.74, 6) is -0.812. The van der Waals surface area contributed by atoms with Crippen LogP contribution in [0.4, 0.5) is 5.69 Å². The molecule has 0 aromatic heterocycles. The fourth-order valence-corrected chi connectivity index (χ4v) is 1.34. The zero-order chi connectivity index (χ0) is 15.1. The Balaban J connectivity index is 3.27. The minimum Gasteiger partial charge on any atom is -0.505 e. The highest BCUT2D eigenvalue weighted by Crippen LogP contribution is 2.33. The predicted octanol–water partition coefficient (Wildman–Crippen LogP) is 1.53. The Morgan fingerprint density at radius 3 is 2.50 bits per heavy atom. The minimum absolute atomic E-state index is 0.0989. The third-order valence-electron chi connectivity index (χ3n) is 2.34. The lowest BCUT2D eigenvalue weighted by Gasteiger charge is -2.11. The predicted molar refractivity (Wildman–Crippen MR) is 68.9 cm³/mol. The fraction of sp³-hybridized carbons (Fsp3) is 0.154. The number of rotatable bonds is 4. The van der Waals surface area contributed by atoms with Gasteiger partial charge in [0.2, 0.25) is 0 Å². The lowest BCUT2D eigenvalue weighted by molar-refractivity contribution is 0.0597. The molecule has 0 aliphatic rings. The fourth-order valence-electron chi connectivity index (χ4n) is 1.34. The Morgan fingerprint density at radius 2 is 2.00 bits per heavy atom. The van der Waals surface area contributed by atoms with Crippen molar-refractivity contribution in [2.75, 3.05) is 19.5 Å². The van der Waals surface area contributed by atoms with Gasteiger partial charge in [-0.05, 0) is 6.07 Å². The van der Waals surface area contributed by atoms with E-state index in [-0.39, 0.29) is 22.6 Å². The van der Waals surface area contributed by atoms with Crippen LogP contribution >= 0.6 is 0 Å². The van der Waals surface area contributed by atoms with E-state index in [4.69, 9.17) is 15.3 Å². The largest absolute Gasteiger partial charge is 0.505 e. The maximum atomic E-state index is 11.5. The molecule has 0 aliphatic carbocycles. The molecule has 0 heterocycles. The van der Waals surface area contributed by atoms with Gasteiger partial charge in [-0.25, -0.2) is 4.79 Å². The van der Waals surface area contributed by atoms with Crippen molar-refractivity contribution in [3.05, 3.63) is 29.5 Å². The van der Waals surface area contributed by atoms with Crippen LogP contribution in [-0.4, -0.2) is 25.3 Å². The molecule has 102 valence electrons. The van der Waals surface area contributed by atoms with Crippen molar-refractivity contribution in [2.45, 2.75) is 0 Å². The molecule has 7 heteroatoms. The molecule has 0 aliphatic heterocycles. The smallest absolute Gasteiger partial charge is 0.341 e. The molecule has 0 radical (unpaired) electrons. The van der Waals surface area contributed by atoms with Gasteiger partial charge in [0, 0.05) is 12.3 Å². The lowest BCUT2D eigenvalue weighted by Crippen LogP contribution is -2.04. The number of hydrogen-bond donors (Lipinski definition) is 2. The number of benzene rings is 1. The second-order valence-corrected chi connectivity index (χ2v) is 3.49. The number of ether oxygens (including phenoxy) is 2. The van der Waals surface area contributed by atoms with E-state index in [1.807, 2.05) is 0 Å². The molecule has 0 fully saturated rings. The maximum Gasteiger partial charge on any atom is 0.341 e. The number of nitrogens with one attached hydrogen (secondary N) is 1. The van der Waals surface area contributed by atoms with E-state index in [1.54, 1.807) is 12.1 Å². The molecule has 0 atom stereocenters. The Hall–Kier alpha value is -3.19. The van der Waals surface area contributed by atoms with Gasteiger partial charge in [-0.15, -0.1) is 0 Å². The highest BCUT2D eigenvalue weighted by Gasteiger charge is 2.17. The number of nitriles is 2. The van der Waals surface area contributed by atoms with Crippen LogP contribution in [0, 0.1) is 22.7 Å². The maximum absolute atomic E-state index is 11.5. The number of allylic oxidation sites excluding steroid dienone is 1. The molecule has 0 saturated heterocycles. The average molecular weight is 273 g/mol. The molecule has 1 aromatic rings. The number of carbonyl (C=O) groups is 1. The van der Waals surface area contributed by atoms with Crippen molar-refractivity contribution >= 4 is 11.7 Å². The normalized spacial score (nSPS) is 8.80. The van der Waals surface area contributed by atoms with Crippen LogP contribution in [0.1, 0.15) is 10.4 Å². The summed E-state index contributed by atoms with van der Waals surface area (Å²) < 4.78 is 9.53. The molecule has 0 saturated carbocycles. The summed E-state index contributed by atoms with van der Waals surface area (Å²) in [4.78, 5) is 11.5. The highest BCUT2D eigenvalue weighted by atomic mass is 16.5. The first-order valence-corrected chi connectivity index (χ1v) is 5.33. The number of aromatic hydroxyl groups is 1. The van der Waals surface area contributed by atoms with Gasteiger partial charge in [0.05, 0.1) is 19.9 Å². The molecular weight excluding hydrogens is 262 g/mol. The van der Waals surface area contributed by atoms with Gasteiger partial charge in [0.25, 0.3) is 0 Å². The summed E-state index contributed by atoms with van der Waals surface area (Å²) in [6.07, 6.45) is 1.11. The zero-order valence-electron chi connectivity index (χ0n) is 10.8. The van der Waals surface area contributed by atoms with E-state index in [0.717, 1.165) is 6.20 Å². The number of nitrogens with zero attached hydrogens (tertiary/aromatic N) is 2. The van der Waals surface area contributed by atoms with Crippen LogP contribution in [0.15, 0.2) is 23.9 Å². The number of anilines is 1. The first-order valence-electron chi connectivity index (χ1n) is 5.33. The lowest BCUT2D eigenvalue weighted by atomic mass is 10.1. The van der Waals surface area contributed by atoms with Crippen LogP contribution in [0.3, 0.4) is 0 Å². The van der Waals surface area contributed by atoms with E-state index in [1.165, 1.54) is 26.4 Å². The summed E-state index contributed by atoms with van der Waals surface area (Å²) in [6.45, 7) is 0. The Morgan fingerprint density at radius 1 is 1.35 bits per heavy atom. The average Bonchev–Trinajstić information content (AvgIpc) is 2.48. The summed E-state index contributed by atoms with van der Waals surface area (Å²) in [7, 11) is 2.57. The molecule has 2 N–H and O–H groups in total. The van der Waals surface area contributed by atoms with Gasteiger partial charge >= 0.3 is 5.97 Å². The van der Waals surface area contributed by atoms with E-state index >= 15 is 0 Å². The van der Waals surface area contributed by atoms with Crippen LogP contribution in [0.5, 0.6) is 11.5 Å². The summed E-state index contributed by atoms with van der Waals surface area (Å²) in [5, 5.41) is 29.7. The Bertz CT molecular complexity index is 622. The Kier molecular flexibility index (Phi) is 4.96. The standard InChI is InChI=1S/C13H11N3O4/c1-19-9-3-10(13(18)20-2)12(17)11(4-9)16-7-8(5-14)6-15/h3-4,7,16-17H,1-2H3.